The molecule has 24 heavy (non-hydrogen) atoms. The lowest BCUT2D eigenvalue weighted by Gasteiger charge is -2.39. The predicted octanol–water partition coefficient (Wildman–Crippen LogP) is 5.03. The number of carbonyl (C=O) groups is 1. The molecule has 2 bridgehead atoms. The molecule has 2 unspecified atom stereocenters. The van der Waals surface area contributed by atoms with Crippen molar-refractivity contribution in [3.63, 3.8) is 0 Å². The summed E-state index contributed by atoms with van der Waals surface area (Å²) in [6.07, 6.45) is 3.97. The molecule has 0 aliphatic carbocycles. The van der Waals surface area contributed by atoms with Gasteiger partial charge in [0, 0.05) is 12.1 Å². The Kier molecular flexibility index (Phi) is 4.05. The standard InChI is InChI=1S/C20H19ClFNO/c21-19-4-2-1-3-18(19)20(24)23-16-9-10-17(23)12-14(11-16)13-5-7-15(22)8-6-13/h1-8,14,16-17H,9-12H2. The molecule has 2 fully saturated rings. The average Bonchev–Trinajstić information content (AvgIpc) is 2.85. The second-order valence-electron chi connectivity index (χ2n) is 6.80. The first-order valence-electron chi connectivity index (χ1n) is 8.46. The zero-order valence-corrected chi connectivity index (χ0v) is 14.0. The molecule has 2 aliphatic heterocycles. The van der Waals surface area contributed by atoms with Crippen LogP contribution >= 0.6 is 11.6 Å². The van der Waals surface area contributed by atoms with E-state index >= 15 is 0 Å². The number of amides is 1. The van der Waals surface area contributed by atoms with E-state index in [0.717, 1.165) is 25.7 Å². The lowest BCUT2D eigenvalue weighted by molar-refractivity contribution is 0.0571. The first-order valence-corrected chi connectivity index (χ1v) is 8.84. The van der Waals surface area contributed by atoms with Gasteiger partial charge in [0.2, 0.25) is 0 Å². The number of benzene rings is 2. The number of fused-ring (bicyclic) bond motifs is 2. The summed E-state index contributed by atoms with van der Waals surface area (Å²) in [5.74, 6) is 0.247. The third-order valence-electron chi connectivity index (χ3n) is 5.41. The fraction of sp³-hybridized carbons (Fsp3) is 0.350. The smallest absolute Gasteiger partial charge is 0.255 e. The summed E-state index contributed by atoms with van der Waals surface area (Å²) in [5.41, 5.74) is 1.77. The van der Waals surface area contributed by atoms with E-state index in [0.29, 0.717) is 16.5 Å². The molecule has 1 amide bonds. The average molecular weight is 344 g/mol. The summed E-state index contributed by atoms with van der Waals surface area (Å²) in [5, 5.41) is 0.516. The predicted molar refractivity (Wildman–Crippen MR) is 92.8 cm³/mol. The number of nitrogens with zero attached hydrogens (tertiary/aromatic N) is 1. The van der Waals surface area contributed by atoms with Gasteiger partial charge in [-0.2, -0.15) is 0 Å². The van der Waals surface area contributed by atoms with Crippen molar-refractivity contribution in [1.82, 2.24) is 4.90 Å². The highest BCUT2D eigenvalue weighted by atomic mass is 35.5. The van der Waals surface area contributed by atoms with Crippen LogP contribution < -0.4 is 0 Å². The van der Waals surface area contributed by atoms with Crippen molar-refractivity contribution >= 4 is 17.5 Å². The second kappa shape index (κ2) is 6.21. The molecule has 2 atom stereocenters. The SMILES string of the molecule is O=C(c1ccccc1Cl)N1C2CCC1CC(c1ccc(F)cc1)C2. The minimum absolute atomic E-state index is 0.0469. The molecular formula is C20H19ClFNO. The minimum Gasteiger partial charge on any atom is -0.333 e. The maximum Gasteiger partial charge on any atom is 0.255 e. The fourth-order valence-electron chi connectivity index (χ4n) is 4.29. The third-order valence-corrected chi connectivity index (χ3v) is 5.74. The molecule has 2 aromatic carbocycles. The molecule has 124 valence electrons. The van der Waals surface area contributed by atoms with E-state index in [-0.39, 0.29) is 23.8 Å². The molecule has 0 radical (unpaired) electrons. The van der Waals surface area contributed by atoms with E-state index in [4.69, 9.17) is 11.6 Å². The lowest BCUT2D eigenvalue weighted by Crippen LogP contribution is -2.46. The number of hydrogen-bond donors (Lipinski definition) is 0. The number of hydrogen-bond acceptors (Lipinski definition) is 1. The summed E-state index contributed by atoms with van der Waals surface area (Å²) >= 11 is 6.21. The molecule has 2 heterocycles. The van der Waals surface area contributed by atoms with Gasteiger partial charge in [-0.25, -0.2) is 4.39 Å². The molecule has 0 aromatic heterocycles. The van der Waals surface area contributed by atoms with Gasteiger partial charge in [0.1, 0.15) is 5.82 Å². The third kappa shape index (κ3) is 2.71. The Balaban J connectivity index is 1.56. The molecule has 0 saturated carbocycles. The van der Waals surface area contributed by atoms with E-state index in [1.165, 1.54) is 17.7 Å². The number of carbonyl (C=O) groups excluding carboxylic acids is 1. The van der Waals surface area contributed by atoms with Crippen LogP contribution in [0.1, 0.15) is 47.5 Å². The highest BCUT2D eigenvalue weighted by molar-refractivity contribution is 6.33. The summed E-state index contributed by atoms with van der Waals surface area (Å²) < 4.78 is 13.1. The van der Waals surface area contributed by atoms with Crippen LogP contribution in [-0.4, -0.2) is 22.9 Å². The molecule has 2 aliphatic rings. The number of piperidine rings is 1. The zero-order valence-electron chi connectivity index (χ0n) is 13.3. The van der Waals surface area contributed by atoms with Gasteiger partial charge in [0.15, 0.2) is 0 Å². The Morgan fingerprint density at radius 3 is 2.25 bits per heavy atom. The van der Waals surface area contributed by atoms with E-state index in [2.05, 4.69) is 0 Å². The molecule has 2 aromatic rings. The largest absolute Gasteiger partial charge is 0.333 e. The van der Waals surface area contributed by atoms with Crippen LogP contribution in [0, 0.1) is 5.82 Å². The highest BCUT2D eigenvalue weighted by Crippen LogP contribution is 2.44. The molecule has 2 saturated heterocycles. The first kappa shape index (κ1) is 15.6. The normalized spacial score (nSPS) is 25.8. The van der Waals surface area contributed by atoms with E-state index in [1.807, 2.05) is 29.2 Å². The van der Waals surface area contributed by atoms with Crippen molar-refractivity contribution in [3.05, 3.63) is 70.5 Å². The van der Waals surface area contributed by atoms with Crippen molar-refractivity contribution in [2.75, 3.05) is 0 Å². The second-order valence-corrected chi connectivity index (χ2v) is 7.20. The Morgan fingerprint density at radius 2 is 1.62 bits per heavy atom. The van der Waals surface area contributed by atoms with Gasteiger partial charge in [0.05, 0.1) is 10.6 Å². The van der Waals surface area contributed by atoms with Gasteiger partial charge >= 0.3 is 0 Å². The summed E-state index contributed by atoms with van der Waals surface area (Å²) in [6, 6.07) is 14.6. The minimum atomic E-state index is -0.201. The summed E-state index contributed by atoms with van der Waals surface area (Å²) in [7, 11) is 0. The Labute approximate surface area is 146 Å². The maximum atomic E-state index is 13.1. The molecule has 4 rings (SSSR count). The van der Waals surface area contributed by atoms with Gasteiger partial charge in [-0.3, -0.25) is 4.79 Å². The van der Waals surface area contributed by atoms with Crippen molar-refractivity contribution in [1.29, 1.82) is 0 Å². The Bertz CT molecular complexity index is 746. The van der Waals surface area contributed by atoms with Gasteiger partial charge < -0.3 is 4.90 Å². The van der Waals surface area contributed by atoms with E-state index in [1.54, 1.807) is 12.1 Å². The van der Waals surface area contributed by atoms with Gasteiger partial charge in [-0.15, -0.1) is 0 Å². The van der Waals surface area contributed by atoms with Crippen molar-refractivity contribution in [3.8, 4) is 0 Å². The van der Waals surface area contributed by atoms with Crippen LogP contribution in [0.5, 0.6) is 0 Å². The van der Waals surface area contributed by atoms with Crippen LogP contribution in [0.3, 0.4) is 0 Å². The summed E-state index contributed by atoms with van der Waals surface area (Å²) in [4.78, 5) is 15.0. The van der Waals surface area contributed by atoms with Crippen molar-refractivity contribution in [2.24, 2.45) is 0 Å². The van der Waals surface area contributed by atoms with Crippen LogP contribution in [0.4, 0.5) is 4.39 Å². The van der Waals surface area contributed by atoms with Gasteiger partial charge in [-0.05, 0) is 61.4 Å². The lowest BCUT2D eigenvalue weighted by atomic mass is 9.85. The molecule has 0 spiro atoms. The van der Waals surface area contributed by atoms with Gasteiger partial charge in [0.25, 0.3) is 5.91 Å². The molecular weight excluding hydrogens is 325 g/mol. The number of halogens is 2. The molecule has 4 heteroatoms. The maximum absolute atomic E-state index is 13.1. The number of rotatable bonds is 2. The van der Waals surface area contributed by atoms with Crippen LogP contribution in [0.15, 0.2) is 48.5 Å². The topological polar surface area (TPSA) is 20.3 Å². The monoisotopic (exact) mass is 343 g/mol. The highest BCUT2D eigenvalue weighted by Gasteiger charge is 2.43. The quantitative estimate of drug-likeness (QED) is 0.749. The van der Waals surface area contributed by atoms with Gasteiger partial charge in [-0.1, -0.05) is 35.9 Å². The van der Waals surface area contributed by atoms with Crippen molar-refractivity contribution in [2.45, 2.75) is 43.7 Å². The summed E-state index contributed by atoms with van der Waals surface area (Å²) in [6.45, 7) is 0. The van der Waals surface area contributed by atoms with E-state index < -0.39 is 0 Å². The zero-order chi connectivity index (χ0) is 16.7. The van der Waals surface area contributed by atoms with Crippen LogP contribution in [0.25, 0.3) is 0 Å². The Hall–Kier alpha value is -1.87. The van der Waals surface area contributed by atoms with E-state index in [9.17, 15) is 9.18 Å². The Morgan fingerprint density at radius 1 is 1.00 bits per heavy atom. The van der Waals surface area contributed by atoms with Crippen LogP contribution in [0.2, 0.25) is 5.02 Å². The van der Waals surface area contributed by atoms with Crippen molar-refractivity contribution < 1.29 is 9.18 Å². The fourth-order valence-corrected chi connectivity index (χ4v) is 4.51. The first-order chi connectivity index (χ1) is 11.6. The molecule has 0 N–H and O–H groups in total. The molecule has 2 nitrogen and oxygen atoms in total. The van der Waals surface area contributed by atoms with Crippen LogP contribution in [-0.2, 0) is 0 Å².